The Labute approximate surface area is 113 Å². The first-order valence-corrected chi connectivity index (χ1v) is 6.87. The second kappa shape index (κ2) is 4.99. The molecular weight excluding hydrogens is 242 g/mol. The van der Waals surface area contributed by atoms with Gasteiger partial charge in [0.1, 0.15) is 18.0 Å². The summed E-state index contributed by atoms with van der Waals surface area (Å²) in [4.78, 5) is 16.3. The van der Waals surface area contributed by atoms with E-state index in [4.69, 9.17) is 4.74 Å². The summed E-state index contributed by atoms with van der Waals surface area (Å²) < 4.78 is 5.68. The lowest BCUT2D eigenvalue weighted by atomic mass is 10.1. The highest BCUT2D eigenvalue weighted by Crippen LogP contribution is 2.42. The van der Waals surface area contributed by atoms with Gasteiger partial charge in [0.05, 0.1) is 12.2 Å². The van der Waals surface area contributed by atoms with Crippen LogP contribution in [0.4, 0.5) is 16.2 Å². The van der Waals surface area contributed by atoms with E-state index in [1.54, 1.807) is 0 Å². The Hall–Kier alpha value is -1.91. The first-order valence-electron chi connectivity index (χ1n) is 6.87. The number of hydrogen-bond acceptors (Lipinski definition) is 3. The van der Waals surface area contributed by atoms with Crippen LogP contribution in [-0.2, 0) is 0 Å². The lowest BCUT2D eigenvalue weighted by Crippen LogP contribution is -2.50. The third-order valence-corrected chi connectivity index (χ3v) is 3.57. The molecule has 0 spiro atoms. The highest BCUT2D eigenvalue weighted by molar-refractivity contribution is 5.98. The molecule has 0 bridgehead atoms. The van der Waals surface area contributed by atoms with Crippen LogP contribution in [-0.4, -0.2) is 38.8 Å². The number of nitrogens with one attached hydrogen (secondary N) is 1. The fourth-order valence-electron chi connectivity index (χ4n) is 2.64. The molecule has 5 nitrogen and oxygen atoms in total. The van der Waals surface area contributed by atoms with Gasteiger partial charge in [-0.25, -0.2) is 4.79 Å². The van der Waals surface area contributed by atoms with Crippen LogP contribution >= 0.6 is 0 Å². The van der Waals surface area contributed by atoms with Crippen molar-refractivity contribution in [1.82, 2.24) is 5.32 Å². The Morgan fingerprint density at radius 1 is 1.37 bits per heavy atom. The predicted molar refractivity (Wildman–Crippen MR) is 75.2 cm³/mol. The van der Waals surface area contributed by atoms with E-state index in [2.05, 4.69) is 17.1 Å². The molecule has 2 heterocycles. The van der Waals surface area contributed by atoms with Crippen LogP contribution in [0.3, 0.4) is 0 Å². The number of nitrogens with zero attached hydrogens (tertiary/aromatic N) is 2. The van der Waals surface area contributed by atoms with Crippen molar-refractivity contribution in [2.45, 2.75) is 13.3 Å². The van der Waals surface area contributed by atoms with Crippen LogP contribution in [0, 0.1) is 0 Å². The van der Waals surface area contributed by atoms with Crippen molar-refractivity contribution < 1.29 is 9.53 Å². The van der Waals surface area contributed by atoms with Crippen LogP contribution in [0.2, 0.25) is 0 Å². The second-order valence-electron chi connectivity index (χ2n) is 4.84. The number of hydrogen-bond donors (Lipinski definition) is 1. The topological polar surface area (TPSA) is 44.8 Å². The molecule has 1 aromatic carbocycles. The molecule has 0 fully saturated rings. The maximum absolute atomic E-state index is 12.2. The van der Waals surface area contributed by atoms with E-state index in [1.807, 2.05) is 23.1 Å². The first-order chi connectivity index (χ1) is 9.31. The lowest BCUT2D eigenvalue weighted by Gasteiger charge is -2.40. The number of benzene rings is 1. The molecule has 2 amide bonds. The number of rotatable bonds is 2. The first kappa shape index (κ1) is 12.1. The number of carbonyl (C=O) groups excluding carboxylic acids is 1. The molecule has 5 heteroatoms. The van der Waals surface area contributed by atoms with E-state index in [0.29, 0.717) is 6.54 Å². The van der Waals surface area contributed by atoms with Gasteiger partial charge >= 0.3 is 6.03 Å². The van der Waals surface area contributed by atoms with Crippen LogP contribution in [0.15, 0.2) is 18.2 Å². The summed E-state index contributed by atoms with van der Waals surface area (Å²) in [5.41, 5.74) is 2.02. The number of para-hydroxylation sites is 1. The van der Waals surface area contributed by atoms with Crippen molar-refractivity contribution in [2.24, 2.45) is 0 Å². The Bertz CT molecular complexity index is 490. The summed E-state index contributed by atoms with van der Waals surface area (Å²) in [7, 11) is 0. The average Bonchev–Trinajstić information content (AvgIpc) is 2.46. The van der Waals surface area contributed by atoms with Gasteiger partial charge in [-0.1, -0.05) is 13.0 Å². The number of urea groups is 1. The third kappa shape index (κ3) is 2.09. The van der Waals surface area contributed by atoms with Crippen molar-refractivity contribution >= 4 is 17.4 Å². The fraction of sp³-hybridized carbons (Fsp3) is 0.500. The van der Waals surface area contributed by atoms with Crippen molar-refractivity contribution in [3.63, 3.8) is 0 Å². The summed E-state index contributed by atoms with van der Waals surface area (Å²) in [6.07, 6.45) is 0.946. The largest absolute Gasteiger partial charge is 0.489 e. The molecule has 0 aromatic heterocycles. The van der Waals surface area contributed by atoms with E-state index >= 15 is 0 Å². The van der Waals surface area contributed by atoms with E-state index in [9.17, 15) is 4.79 Å². The summed E-state index contributed by atoms with van der Waals surface area (Å²) in [5, 5.41) is 2.94. The number of anilines is 2. The smallest absolute Gasteiger partial charge is 0.322 e. The van der Waals surface area contributed by atoms with Crippen LogP contribution < -0.4 is 19.9 Å². The monoisotopic (exact) mass is 261 g/mol. The van der Waals surface area contributed by atoms with Crippen molar-refractivity contribution in [1.29, 1.82) is 0 Å². The Morgan fingerprint density at radius 3 is 3.11 bits per heavy atom. The Balaban J connectivity index is 1.92. The molecule has 0 atom stereocenters. The van der Waals surface area contributed by atoms with Gasteiger partial charge in [0, 0.05) is 19.6 Å². The summed E-state index contributed by atoms with van der Waals surface area (Å²) >= 11 is 0. The van der Waals surface area contributed by atoms with Gasteiger partial charge in [-0.15, -0.1) is 0 Å². The van der Waals surface area contributed by atoms with E-state index in [-0.39, 0.29) is 6.03 Å². The molecule has 0 saturated carbocycles. The van der Waals surface area contributed by atoms with Gasteiger partial charge in [-0.2, -0.15) is 0 Å². The maximum atomic E-state index is 12.2. The molecular formula is C14H19N3O2. The van der Waals surface area contributed by atoms with Gasteiger partial charge < -0.3 is 15.0 Å². The Morgan fingerprint density at radius 2 is 2.26 bits per heavy atom. The highest BCUT2D eigenvalue weighted by atomic mass is 16.5. The molecule has 2 aliphatic heterocycles. The van der Waals surface area contributed by atoms with Crippen molar-refractivity contribution in [3.8, 4) is 5.75 Å². The molecule has 19 heavy (non-hydrogen) atoms. The Kier molecular flexibility index (Phi) is 3.19. The van der Waals surface area contributed by atoms with E-state index in [1.165, 1.54) is 0 Å². The second-order valence-corrected chi connectivity index (χ2v) is 4.84. The van der Waals surface area contributed by atoms with Crippen LogP contribution in [0.25, 0.3) is 0 Å². The summed E-state index contributed by atoms with van der Waals surface area (Å²) in [5.74, 6) is 0.886. The summed E-state index contributed by atoms with van der Waals surface area (Å²) in [6.45, 7) is 5.98. The molecule has 0 saturated heterocycles. The van der Waals surface area contributed by atoms with Crippen molar-refractivity contribution in [3.05, 3.63) is 18.2 Å². The molecule has 3 rings (SSSR count). The van der Waals surface area contributed by atoms with Gasteiger partial charge in [0.2, 0.25) is 0 Å². The normalized spacial score (nSPS) is 16.7. The molecule has 0 unspecified atom stereocenters. The number of amides is 2. The van der Waals surface area contributed by atoms with Crippen LogP contribution in [0.1, 0.15) is 13.3 Å². The van der Waals surface area contributed by atoms with E-state index in [0.717, 1.165) is 49.8 Å². The van der Waals surface area contributed by atoms with E-state index < -0.39 is 0 Å². The summed E-state index contributed by atoms with van der Waals surface area (Å²) in [6, 6.07) is 5.90. The quantitative estimate of drug-likeness (QED) is 0.883. The number of ether oxygens (including phenoxy) is 1. The minimum Gasteiger partial charge on any atom is -0.489 e. The zero-order chi connectivity index (χ0) is 13.2. The molecule has 2 aliphatic rings. The van der Waals surface area contributed by atoms with Gasteiger partial charge in [0.15, 0.2) is 0 Å². The fourth-order valence-corrected chi connectivity index (χ4v) is 2.64. The SMILES string of the molecule is CCCNC(=O)N1CCN2CCOc3cccc1c32. The molecule has 0 radical (unpaired) electrons. The van der Waals surface area contributed by atoms with Gasteiger partial charge in [-0.3, -0.25) is 4.90 Å². The van der Waals surface area contributed by atoms with Crippen molar-refractivity contribution in [2.75, 3.05) is 42.6 Å². The average molecular weight is 261 g/mol. The van der Waals surface area contributed by atoms with Gasteiger partial charge in [0.25, 0.3) is 0 Å². The maximum Gasteiger partial charge on any atom is 0.322 e. The highest BCUT2D eigenvalue weighted by Gasteiger charge is 2.31. The molecule has 102 valence electrons. The number of carbonyl (C=O) groups is 1. The lowest BCUT2D eigenvalue weighted by molar-refractivity contribution is 0.245. The zero-order valence-electron chi connectivity index (χ0n) is 11.2. The minimum atomic E-state index is -0.0135. The predicted octanol–water partition coefficient (Wildman–Crippen LogP) is 1.82. The minimum absolute atomic E-state index is 0.0135. The standard InChI is InChI=1S/C14H19N3O2/c1-2-6-15-14(18)17-8-7-16-9-10-19-12-5-3-4-11(17)13(12)16/h3-5H,2,6-10H2,1H3,(H,15,18). The van der Waals surface area contributed by atoms with Gasteiger partial charge in [-0.05, 0) is 18.6 Å². The molecule has 1 aromatic rings. The molecule has 1 N–H and O–H groups in total. The third-order valence-electron chi connectivity index (χ3n) is 3.57. The van der Waals surface area contributed by atoms with Crippen LogP contribution in [0.5, 0.6) is 5.75 Å². The zero-order valence-corrected chi connectivity index (χ0v) is 11.2. The molecule has 0 aliphatic carbocycles.